The van der Waals surface area contributed by atoms with E-state index in [4.69, 9.17) is 0 Å². The first-order valence-corrected chi connectivity index (χ1v) is 7.66. The maximum Gasteiger partial charge on any atom is 0.182 e. The maximum absolute atomic E-state index is 13.3. The van der Waals surface area contributed by atoms with Gasteiger partial charge in [0.1, 0.15) is 0 Å². The standard InChI is InChI=1S/C16H13F2N3S/c1-10-2-5-12(6-3-10)19-16-21-20-15(9-22-16)11-4-7-13(17)14(18)8-11/h2-8H,9H2,1H3,(H,19,21). The number of thioether (sulfide) groups is 1. The van der Waals surface area contributed by atoms with E-state index in [1.807, 2.05) is 31.2 Å². The summed E-state index contributed by atoms with van der Waals surface area (Å²) in [6.07, 6.45) is 0. The fourth-order valence-electron chi connectivity index (χ4n) is 1.93. The lowest BCUT2D eigenvalue weighted by atomic mass is 10.1. The van der Waals surface area contributed by atoms with Crippen molar-refractivity contribution in [2.75, 3.05) is 5.75 Å². The fourth-order valence-corrected chi connectivity index (χ4v) is 2.72. The largest absolute Gasteiger partial charge is 0.255 e. The average Bonchev–Trinajstić information content (AvgIpc) is 2.53. The molecule has 0 saturated heterocycles. The van der Waals surface area contributed by atoms with Crippen molar-refractivity contribution >= 4 is 28.3 Å². The van der Waals surface area contributed by atoms with Crippen molar-refractivity contribution in [2.24, 2.45) is 10.1 Å². The van der Waals surface area contributed by atoms with Crippen molar-refractivity contribution in [3.63, 3.8) is 0 Å². The zero-order valence-electron chi connectivity index (χ0n) is 11.8. The summed E-state index contributed by atoms with van der Waals surface area (Å²) in [6.45, 7) is 2.02. The smallest absolute Gasteiger partial charge is 0.182 e. The van der Waals surface area contributed by atoms with Gasteiger partial charge in [0.15, 0.2) is 16.8 Å². The van der Waals surface area contributed by atoms with Gasteiger partial charge in [-0.1, -0.05) is 29.5 Å². The highest BCUT2D eigenvalue weighted by molar-refractivity contribution is 8.14. The number of halogens is 2. The van der Waals surface area contributed by atoms with E-state index in [0.717, 1.165) is 17.8 Å². The number of amidine groups is 1. The molecule has 0 radical (unpaired) electrons. The van der Waals surface area contributed by atoms with Crippen LogP contribution in [0.25, 0.3) is 0 Å². The molecule has 3 rings (SSSR count). The average molecular weight is 317 g/mol. The zero-order chi connectivity index (χ0) is 15.5. The first kappa shape index (κ1) is 14.7. The van der Waals surface area contributed by atoms with Crippen LogP contribution in [0.2, 0.25) is 0 Å². The number of aryl methyl sites for hydroxylation is 1. The zero-order valence-corrected chi connectivity index (χ0v) is 12.6. The monoisotopic (exact) mass is 317 g/mol. The fraction of sp³-hybridized carbons (Fsp3) is 0.125. The molecule has 3 nitrogen and oxygen atoms in total. The number of hydrazone groups is 1. The van der Waals surface area contributed by atoms with Crippen LogP contribution in [-0.4, -0.2) is 16.6 Å². The van der Waals surface area contributed by atoms with Gasteiger partial charge >= 0.3 is 0 Å². The van der Waals surface area contributed by atoms with Crippen LogP contribution < -0.4 is 5.43 Å². The molecule has 0 amide bonds. The van der Waals surface area contributed by atoms with Gasteiger partial charge in [-0.25, -0.2) is 13.8 Å². The second-order valence-electron chi connectivity index (χ2n) is 4.84. The highest BCUT2D eigenvalue weighted by atomic mass is 32.2. The molecular formula is C16H13F2N3S. The molecule has 0 fully saturated rings. The molecule has 6 heteroatoms. The van der Waals surface area contributed by atoms with Crippen molar-refractivity contribution in [1.29, 1.82) is 0 Å². The Bertz CT molecular complexity index is 754. The van der Waals surface area contributed by atoms with Crippen LogP contribution in [0.15, 0.2) is 52.6 Å². The van der Waals surface area contributed by atoms with Gasteiger partial charge in [-0.3, -0.25) is 5.43 Å². The summed E-state index contributed by atoms with van der Waals surface area (Å²) < 4.78 is 26.2. The third-order valence-electron chi connectivity index (χ3n) is 3.15. The first-order chi connectivity index (χ1) is 10.6. The van der Waals surface area contributed by atoms with Crippen molar-refractivity contribution < 1.29 is 8.78 Å². The van der Waals surface area contributed by atoms with E-state index in [2.05, 4.69) is 15.5 Å². The van der Waals surface area contributed by atoms with E-state index in [9.17, 15) is 8.78 Å². The summed E-state index contributed by atoms with van der Waals surface area (Å²) in [5, 5.41) is 4.87. The Balaban J connectivity index is 1.76. The minimum atomic E-state index is -0.871. The number of rotatable bonds is 2. The van der Waals surface area contributed by atoms with Crippen LogP contribution >= 0.6 is 11.8 Å². The molecule has 0 saturated carbocycles. The predicted octanol–water partition coefficient (Wildman–Crippen LogP) is 4.00. The Kier molecular flexibility index (Phi) is 4.20. The third-order valence-corrected chi connectivity index (χ3v) is 4.02. The second-order valence-corrected chi connectivity index (χ2v) is 5.80. The van der Waals surface area contributed by atoms with E-state index in [1.54, 1.807) is 0 Å². The predicted molar refractivity (Wildman–Crippen MR) is 86.8 cm³/mol. The minimum Gasteiger partial charge on any atom is -0.255 e. The van der Waals surface area contributed by atoms with Gasteiger partial charge in [-0.2, -0.15) is 5.10 Å². The lowest BCUT2D eigenvalue weighted by molar-refractivity contribution is 0.508. The van der Waals surface area contributed by atoms with Crippen LogP contribution in [-0.2, 0) is 0 Å². The number of hydrogen-bond donors (Lipinski definition) is 1. The Morgan fingerprint density at radius 1 is 1.09 bits per heavy atom. The summed E-state index contributed by atoms with van der Waals surface area (Å²) >= 11 is 1.47. The normalized spacial score (nSPS) is 16.3. The molecule has 2 aromatic carbocycles. The first-order valence-electron chi connectivity index (χ1n) is 6.68. The molecule has 0 aliphatic carbocycles. The molecular weight excluding hydrogens is 304 g/mol. The Morgan fingerprint density at radius 3 is 2.50 bits per heavy atom. The van der Waals surface area contributed by atoms with Crippen molar-refractivity contribution in [3.8, 4) is 0 Å². The van der Waals surface area contributed by atoms with E-state index in [-0.39, 0.29) is 0 Å². The minimum absolute atomic E-state index is 0.544. The molecule has 1 N–H and O–H groups in total. The SMILES string of the molecule is Cc1ccc(N=C2NN=C(c3ccc(F)c(F)c3)CS2)cc1. The van der Waals surface area contributed by atoms with Gasteiger partial charge < -0.3 is 0 Å². The van der Waals surface area contributed by atoms with Crippen LogP contribution in [0.3, 0.4) is 0 Å². The van der Waals surface area contributed by atoms with E-state index in [1.165, 1.54) is 23.4 Å². The van der Waals surface area contributed by atoms with Crippen molar-refractivity contribution in [1.82, 2.24) is 5.43 Å². The molecule has 0 aromatic heterocycles. The number of benzene rings is 2. The van der Waals surface area contributed by atoms with E-state index >= 15 is 0 Å². The van der Waals surface area contributed by atoms with Gasteiger partial charge in [0.2, 0.25) is 0 Å². The second kappa shape index (κ2) is 6.27. The van der Waals surface area contributed by atoms with E-state index < -0.39 is 11.6 Å². The van der Waals surface area contributed by atoms with Crippen LogP contribution in [0.1, 0.15) is 11.1 Å². The summed E-state index contributed by atoms with van der Waals surface area (Å²) in [7, 11) is 0. The third kappa shape index (κ3) is 3.33. The molecule has 112 valence electrons. The Morgan fingerprint density at radius 2 is 1.86 bits per heavy atom. The van der Waals surface area contributed by atoms with Gasteiger partial charge in [-0.05, 0) is 37.3 Å². The molecule has 22 heavy (non-hydrogen) atoms. The number of nitrogens with one attached hydrogen (secondary N) is 1. The Labute approximate surface area is 131 Å². The number of hydrogen-bond acceptors (Lipinski definition) is 3. The number of aliphatic imine (C=N–C) groups is 1. The summed E-state index contributed by atoms with van der Waals surface area (Å²) in [5.41, 5.74) is 6.08. The van der Waals surface area contributed by atoms with Gasteiger partial charge in [0.25, 0.3) is 0 Å². The molecule has 0 bridgehead atoms. The van der Waals surface area contributed by atoms with Crippen LogP contribution in [0, 0.1) is 18.6 Å². The molecule has 1 aliphatic heterocycles. The molecule has 1 aliphatic rings. The highest BCUT2D eigenvalue weighted by Gasteiger charge is 2.14. The summed E-state index contributed by atoms with van der Waals surface area (Å²) in [4.78, 5) is 4.45. The topological polar surface area (TPSA) is 36.8 Å². The van der Waals surface area contributed by atoms with Crippen molar-refractivity contribution in [2.45, 2.75) is 6.92 Å². The van der Waals surface area contributed by atoms with E-state index in [0.29, 0.717) is 22.2 Å². The Hall–Kier alpha value is -2.21. The summed E-state index contributed by atoms with van der Waals surface area (Å²) in [5.74, 6) is -1.19. The quantitative estimate of drug-likeness (QED) is 0.909. The molecule has 0 spiro atoms. The number of nitrogens with zero attached hydrogens (tertiary/aromatic N) is 2. The van der Waals surface area contributed by atoms with Gasteiger partial charge in [0.05, 0.1) is 11.4 Å². The van der Waals surface area contributed by atoms with Gasteiger partial charge in [0, 0.05) is 11.3 Å². The maximum atomic E-state index is 13.3. The summed E-state index contributed by atoms with van der Waals surface area (Å²) in [6, 6.07) is 11.6. The lowest BCUT2D eigenvalue weighted by Gasteiger charge is -2.15. The van der Waals surface area contributed by atoms with Crippen molar-refractivity contribution in [3.05, 3.63) is 65.2 Å². The van der Waals surface area contributed by atoms with Crippen LogP contribution in [0.4, 0.5) is 14.5 Å². The molecule has 2 aromatic rings. The molecule has 1 heterocycles. The van der Waals surface area contributed by atoms with Gasteiger partial charge in [-0.15, -0.1) is 0 Å². The van der Waals surface area contributed by atoms with Crippen LogP contribution in [0.5, 0.6) is 0 Å². The highest BCUT2D eigenvalue weighted by Crippen LogP contribution is 2.19. The molecule has 0 atom stereocenters. The lowest BCUT2D eigenvalue weighted by Crippen LogP contribution is -2.25. The molecule has 0 unspecified atom stereocenters.